The van der Waals surface area contributed by atoms with Crippen LogP contribution in [0.1, 0.15) is 5.56 Å². The number of rotatable bonds is 5. The van der Waals surface area contributed by atoms with Crippen LogP contribution < -0.4 is 16.2 Å². The fraction of sp³-hybridized carbons (Fsp3) is 0.231. The van der Waals surface area contributed by atoms with Crippen LogP contribution in [0.15, 0.2) is 47.5 Å². The molecule has 0 unspecified atom stereocenters. The Kier molecular flexibility index (Phi) is 4.09. The van der Waals surface area contributed by atoms with E-state index in [-0.39, 0.29) is 5.56 Å². The number of aromatic amines is 1. The predicted molar refractivity (Wildman–Crippen MR) is 71.4 cm³/mol. The van der Waals surface area contributed by atoms with Gasteiger partial charge in [-0.1, -0.05) is 30.3 Å². The highest BCUT2D eigenvalue weighted by Crippen LogP contribution is 2.11. The van der Waals surface area contributed by atoms with Crippen LogP contribution in [0.5, 0.6) is 0 Å². The molecule has 2 aromatic rings. The number of anilines is 1. The maximum Gasteiger partial charge on any atom is 0.252 e. The molecule has 2 rings (SSSR count). The molecule has 18 heavy (non-hydrogen) atoms. The number of nitrogens with zero attached hydrogens (tertiary/aromatic N) is 2. The SMILES string of the molecule is NCCN(Cc1ccccc1)c1cc(=O)[nH]cn1. The van der Waals surface area contributed by atoms with E-state index in [4.69, 9.17) is 5.73 Å². The van der Waals surface area contributed by atoms with Crippen LogP contribution in [0.25, 0.3) is 0 Å². The van der Waals surface area contributed by atoms with Gasteiger partial charge in [0.25, 0.3) is 5.56 Å². The molecule has 0 aliphatic carbocycles. The molecular weight excluding hydrogens is 228 g/mol. The summed E-state index contributed by atoms with van der Waals surface area (Å²) in [7, 11) is 0. The molecule has 0 atom stereocenters. The summed E-state index contributed by atoms with van der Waals surface area (Å²) in [5, 5.41) is 0. The maximum absolute atomic E-state index is 11.3. The quantitative estimate of drug-likeness (QED) is 0.813. The van der Waals surface area contributed by atoms with Crippen molar-refractivity contribution in [1.82, 2.24) is 9.97 Å². The molecule has 0 spiro atoms. The standard InChI is InChI=1S/C13H16N4O/c14-6-7-17(9-11-4-2-1-3-5-11)12-8-13(18)16-10-15-12/h1-5,8,10H,6-7,9,14H2,(H,15,16,18). The molecule has 0 saturated carbocycles. The van der Waals surface area contributed by atoms with Gasteiger partial charge in [0, 0.05) is 25.7 Å². The van der Waals surface area contributed by atoms with E-state index in [0.29, 0.717) is 25.5 Å². The normalized spacial score (nSPS) is 10.3. The monoisotopic (exact) mass is 244 g/mol. The summed E-state index contributed by atoms with van der Waals surface area (Å²) < 4.78 is 0. The summed E-state index contributed by atoms with van der Waals surface area (Å²) in [4.78, 5) is 20.0. The van der Waals surface area contributed by atoms with Crippen LogP contribution in [0.4, 0.5) is 5.82 Å². The van der Waals surface area contributed by atoms with Crippen molar-refractivity contribution < 1.29 is 0 Å². The molecule has 0 radical (unpaired) electrons. The number of aromatic nitrogens is 2. The molecule has 0 aliphatic heterocycles. The zero-order valence-corrected chi connectivity index (χ0v) is 10.0. The second-order valence-corrected chi connectivity index (χ2v) is 3.97. The van der Waals surface area contributed by atoms with Gasteiger partial charge in [-0.05, 0) is 5.56 Å². The maximum atomic E-state index is 11.3. The van der Waals surface area contributed by atoms with Crippen molar-refractivity contribution in [2.45, 2.75) is 6.54 Å². The predicted octanol–water partition coefficient (Wildman–Crippen LogP) is 0.735. The van der Waals surface area contributed by atoms with Gasteiger partial charge in [0.2, 0.25) is 0 Å². The lowest BCUT2D eigenvalue weighted by atomic mass is 10.2. The van der Waals surface area contributed by atoms with Gasteiger partial charge in [-0.2, -0.15) is 0 Å². The van der Waals surface area contributed by atoms with Crippen LogP contribution in [0, 0.1) is 0 Å². The molecule has 5 heteroatoms. The summed E-state index contributed by atoms with van der Waals surface area (Å²) in [6.45, 7) is 1.86. The first kappa shape index (κ1) is 12.3. The van der Waals surface area contributed by atoms with Gasteiger partial charge in [0.1, 0.15) is 5.82 Å². The Balaban J connectivity index is 2.21. The van der Waals surface area contributed by atoms with Gasteiger partial charge in [-0.15, -0.1) is 0 Å². The van der Waals surface area contributed by atoms with Gasteiger partial charge in [-0.3, -0.25) is 4.79 Å². The number of benzene rings is 1. The van der Waals surface area contributed by atoms with E-state index in [2.05, 4.69) is 9.97 Å². The highest BCUT2D eigenvalue weighted by molar-refractivity contribution is 5.38. The minimum absolute atomic E-state index is 0.157. The fourth-order valence-electron chi connectivity index (χ4n) is 1.77. The minimum atomic E-state index is -0.157. The smallest absolute Gasteiger partial charge is 0.252 e. The average molecular weight is 244 g/mol. The van der Waals surface area contributed by atoms with Crippen molar-refractivity contribution >= 4 is 5.82 Å². The third-order valence-corrected chi connectivity index (χ3v) is 2.60. The van der Waals surface area contributed by atoms with Crippen molar-refractivity contribution in [3.63, 3.8) is 0 Å². The molecule has 94 valence electrons. The minimum Gasteiger partial charge on any atom is -0.351 e. The second-order valence-electron chi connectivity index (χ2n) is 3.97. The summed E-state index contributed by atoms with van der Waals surface area (Å²) in [6, 6.07) is 11.5. The second kappa shape index (κ2) is 5.97. The first-order valence-electron chi connectivity index (χ1n) is 5.83. The molecule has 1 aromatic carbocycles. The Morgan fingerprint density at radius 2 is 2.06 bits per heavy atom. The van der Waals surface area contributed by atoms with Gasteiger partial charge >= 0.3 is 0 Å². The molecule has 0 saturated heterocycles. The number of hydrogen-bond acceptors (Lipinski definition) is 4. The van der Waals surface area contributed by atoms with E-state index in [9.17, 15) is 4.79 Å². The van der Waals surface area contributed by atoms with Gasteiger partial charge < -0.3 is 15.6 Å². The molecule has 0 aliphatic rings. The molecule has 0 bridgehead atoms. The lowest BCUT2D eigenvalue weighted by Gasteiger charge is -2.22. The van der Waals surface area contributed by atoms with Gasteiger partial charge in [0.15, 0.2) is 0 Å². The van der Waals surface area contributed by atoms with E-state index >= 15 is 0 Å². The molecule has 1 heterocycles. The van der Waals surface area contributed by atoms with E-state index in [1.165, 1.54) is 12.4 Å². The molecule has 3 N–H and O–H groups in total. The lowest BCUT2D eigenvalue weighted by molar-refractivity contribution is 0.772. The van der Waals surface area contributed by atoms with E-state index in [1.54, 1.807) is 0 Å². The summed E-state index contributed by atoms with van der Waals surface area (Å²) in [6.07, 6.45) is 1.41. The number of nitrogens with two attached hydrogens (primary N) is 1. The molecule has 1 aromatic heterocycles. The zero-order valence-electron chi connectivity index (χ0n) is 10.0. The Morgan fingerprint density at radius 3 is 2.72 bits per heavy atom. The first-order valence-corrected chi connectivity index (χ1v) is 5.83. The van der Waals surface area contributed by atoms with Crippen molar-refractivity contribution in [2.75, 3.05) is 18.0 Å². The highest BCUT2D eigenvalue weighted by Gasteiger charge is 2.08. The van der Waals surface area contributed by atoms with Crippen molar-refractivity contribution in [1.29, 1.82) is 0 Å². The fourth-order valence-corrected chi connectivity index (χ4v) is 1.77. The van der Waals surface area contributed by atoms with Crippen molar-refractivity contribution in [3.8, 4) is 0 Å². The largest absolute Gasteiger partial charge is 0.351 e. The van der Waals surface area contributed by atoms with Crippen LogP contribution in [0.3, 0.4) is 0 Å². The third kappa shape index (κ3) is 3.18. The first-order chi connectivity index (χ1) is 8.79. The Labute approximate surface area is 105 Å². The lowest BCUT2D eigenvalue weighted by Crippen LogP contribution is -2.30. The van der Waals surface area contributed by atoms with Crippen molar-refractivity contribution in [2.24, 2.45) is 5.73 Å². The number of nitrogens with one attached hydrogen (secondary N) is 1. The van der Waals surface area contributed by atoms with E-state index in [1.807, 2.05) is 35.2 Å². The molecule has 0 fully saturated rings. The van der Waals surface area contributed by atoms with E-state index in [0.717, 1.165) is 5.56 Å². The Morgan fingerprint density at radius 1 is 1.28 bits per heavy atom. The summed E-state index contributed by atoms with van der Waals surface area (Å²) >= 11 is 0. The van der Waals surface area contributed by atoms with Gasteiger partial charge in [0.05, 0.1) is 6.33 Å². The number of H-pyrrole nitrogens is 1. The van der Waals surface area contributed by atoms with Crippen LogP contribution in [-0.4, -0.2) is 23.1 Å². The van der Waals surface area contributed by atoms with Crippen LogP contribution in [0.2, 0.25) is 0 Å². The number of hydrogen-bond donors (Lipinski definition) is 2. The Bertz CT molecular complexity index is 538. The van der Waals surface area contributed by atoms with Crippen LogP contribution >= 0.6 is 0 Å². The average Bonchev–Trinajstić information content (AvgIpc) is 2.39. The molecular formula is C13H16N4O. The topological polar surface area (TPSA) is 75.0 Å². The van der Waals surface area contributed by atoms with Gasteiger partial charge in [-0.25, -0.2) is 4.98 Å². The molecule has 5 nitrogen and oxygen atoms in total. The van der Waals surface area contributed by atoms with E-state index < -0.39 is 0 Å². The zero-order chi connectivity index (χ0) is 12.8. The highest BCUT2D eigenvalue weighted by atomic mass is 16.1. The van der Waals surface area contributed by atoms with Crippen LogP contribution in [-0.2, 0) is 6.54 Å². The van der Waals surface area contributed by atoms with Crippen molar-refractivity contribution in [3.05, 3.63) is 58.6 Å². The molecule has 0 amide bonds. The summed E-state index contributed by atoms with van der Waals surface area (Å²) in [5.41, 5.74) is 6.61. The Hall–Kier alpha value is -2.14. The third-order valence-electron chi connectivity index (χ3n) is 2.60. The summed E-state index contributed by atoms with van der Waals surface area (Å²) in [5.74, 6) is 0.646.